The minimum Gasteiger partial charge on any atom is -0.420 e. The molecule has 140 valence electrons. The van der Waals surface area contributed by atoms with Crippen LogP contribution >= 0.6 is 11.3 Å². The maximum atomic E-state index is 6.07. The number of ether oxygens (including phenoxy) is 2. The summed E-state index contributed by atoms with van der Waals surface area (Å²) in [6.45, 7) is 1.65. The summed E-state index contributed by atoms with van der Waals surface area (Å²) in [5, 5.41) is 8.69. The average Bonchev–Trinajstić information content (AvgIpc) is 3.44. The quantitative estimate of drug-likeness (QED) is 0.771. The van der Waals surface area contributed by atoms with Crippen LogP contribution in [0.25, 0.3) is 10.8 Å². The maximum absolute atomic E-state index is 6.07. The van der Waals surface area contributed by atoms with Crippen LogP contribution < -0.4 is 0 Å². The lowest BCUT2D eigenvalue weighted by Gasteiger charge is -2.27. The van der Waals surface area contributed by atoms with E-state index in [2.05, 4.69) is 16.3 Å². The van der Waals surface area contributed by atoms with E-state index in [0.29, 0.717) is 24.0 Å². The Morgan fingerprint density at radius 1 is 1.08 bits per heavy atom. The molecule has 1 unspecified atom stereocenters. The minimum atomic E-state index is 0.318. The van der Waals surface area contributed by atoms with Gasteiger partial charge < -0.3 is 13.9 Å². The van der Waals surface area contributed by atoms with Gasteiger partial charge in [0.2, 0.25) is 5.89 Å². The van der Waals surface area contributed by atoms with Gasteiger partial charge in [-0.1, -0.05) is 0 Å². The number of aromatic nitrogens is 2. The standard InChI is InChI=1S/C20H26N2O3S/c1-3-14-11-18(26-17(14)5-1)20-22-21-19(25-20)13-6-8-15(9-7-13)24-12-16-4-2-10-23-16/h11,13,15-16H,1-10,12H2. The molecule has 26 heavy (non-hydrogen) atoms. The number of fused-ring (bicyclic) bond motifs is 1. The molecule has 0 spiro atoms. The zero-order valence-corrected chi connectivity index (χ0v) is 15.9. The highest BCUT2D eigenvalue weighted by Gasteiger charge is 2.28. The third-order valence-electron chi connectivity index (χ3n) is 5.96. The molecule has 2 aromatic rings. The lowest BCUT2D eigenvalue weighted by atomic mass is 9.87. The van der Waals surface area contributed by atoms with Crippen molar-refractivity contribution in [3.8, 4) is 10.8 Å². The molecule has 5 nitrogen and oxygen atoms in total. The highest BCUT2D eigenvalue weighted by Crippen LogP contribution is 2.38. The highest BCUT2D eigenvalue weighted by atomic mass is 32.1. The summed E-state index contributed by atoms with van der Waals surface area (Å²) < 4.78 is 17.8. The van der Waals surface area contributed by atoms with E-state index in [9.17, 15) is 0 Å². The number of thiophene rings is 1. The van der Waals surface area contributed by atoms with Gasteiger partial charge in [0.15, 0.2) is 0 Å². The molecule has 0 N–H and O–H groups in total. The Hall–Kier alpha value is -1.24. The van der Waals surface area contributed by atoms with Crippen molar-refractivity contribution in [2.75, 3.05) is 13.2 Å². The predicted molar refractivity (Wildman–Crippen MR) is 99.6 cm³/mol. The summed E-state index contributed by atoms with van der Waals surface area (Å²) in [5.41, 5.74) is 1.48. The lowest BCUT2D eigenvalue weighted by molar-refractivity contribution is -0.0349. The van der Waals surface area contributed by atoms with Crippen molar-refractivity contribution in [1.82, 2.24) is 10.2 Å². The summed E-state index contributed by atoms with van der Waals surface area (Å²) in [6, 6.07) is 2.25. The molecule has 0 amide bonds. The zero-order chi connectivity index (χ0) is 17.3. The van der Waals surface area contributed by atoms with Crippen LogP contribution in [0.4, 0.5) is 0 Å². The Morgan fingerprint density at radius 3 is 2.81 bits per heavy atom. The van der Waals surface area contributed by atoms with Crippen molar-refractivity contribution in [3.63, 3.8) is 0 Å². The van der Waals surface area contributed by atoms with Crippen LogP contribution in [-0.2, 0) is 22.3 Å². The fourth-order valence-electron chi connectivity index (χ4n) is 4.43. The number of aryl methyl sites for hydroxylation is 2. The molecule has 1 saturated carbocycles. The van der Waals surface area contributed by atoms with Crippen LogP contribution in [0.15, 0.2) is 10.5 Å². The smallest absolute Gasteiger partial charge is 0.257 e. The van der Waals surface area contributed by atoms with Crippen LogP contribution in [0, 0.1) is 0 Å². The first kappa shape index (κ1) is 16.9. The van der Waals surface area contributed by atoms with Crippen molar-refractivity contribution in [1.29, 1.82) is 0 Å². The monoisotopic (exact) mass is 374 g/mol. The third-order valence-corrected chi connectivity index (χ3v) is 7.19. The second kappa shape index (κ2) is 7.41. The molecule has 1 atom stereocenters. The molecule has 1 aliphatic heterocycles. The first-order valence-electron chi connectivity index (χ1n) is 10.0. The van der Waals surface area contributed by atoms with Crippen LogP contribution in [0.1, 0.15) is 67.2 Å². The molecule has 3 aliphatic rings. The van der Waals surface area contributed by atoms with E-state index in [1.54, 1.807) is 0 Å². The Kier molecular flexibility index (Phi) is 4.82. The van der Waals surface area contributed by atoms with Gasteiger partial charge in [-0.05, 0) is 69.4 Å². The third kappa shape index (κ3) is 3.47. The van der Waals surface area contributed by atoms with Gasteiger partial charge >= 0.3 is 0 Å². The molecule has 2 aromatic heterocycles. The summed E-state index contributed by atoms with van der Waals surface area (Å²) in [7, 11) is 0. The van der Waals surface area contributed by atoms with Gasteiger partial charge in [0.05, 0.1) is 23.7 Å². The van der Waals surface area contributed by atoms with Crippen LogP contribution in [-0.4, -0.2) is 35.6 Å². The Bertz CT molecular complexity index is 721. The first-order chi connectivity index (χ1) is 12.8. The second-order valence-electron chi connectivity index (χ2n) is 7.80. The van der Waals surface area contributed by atoms with E-state index >= 15 is 0 Å². The Balaban J connectivity index is 1.16. The normalized spacial score (nSPS) is 28.5. The number of nitrogens with zero attached hydrogens (tertiary/aromatic N) is 2. The zero-order valence-electron chi connectivity index (χ0n) is 15.1. The molecule has 0 aromatic carbocycles. The molecule has 6 heteroatoms. The van der Waals surface area contributed by atoms with E-state index in [1.807, 2.05) is 11.3 Å². The summed E-state index contributed by atoms with van der Waals surface area (Å²) in [5.74, 6) is 1.90. The molecular weight excluding hydrogens is 348 g/mol. The van der Waals surface area contributed by atoms with Crippen molar-refractivity contribution in [3.05, 3.63) is 22.4 Å². The predicted octanol–water partition coefficient (Wildman–Crippen LogP) is 4.51. The number of rotatable bonds is 5. The van der Waals surface area contributed by atoms with E-state index in [0.717, 1.165) is 56.1 Å². The summed E-state index contributed by atoms with van der Waals surface area (Å²) in [4.78, 5) is 2.64. The second-order valence-corrected chi connectivity index (χ2v) is 8.94. The van der Waals surface area contributed by atoms with Gasteiger partial charge in [-0.2, -0.15) is 0 Å². The maximum Gasteiger partial charge on any atom is 0.257 e. The fraction of sp³-hybridized carbons (Fsp3) is 0.700. The first-order valence-corrected chi connectivity index (χ1v) is 10.9. The van der Waals surface area contributed by atoms with Gasteiger partial charge in [-0.25, -0.2) is 0 Å². The van der Waals surface area contributed by atoms with E-state index in [4.69, 9.17) is 13.9 Å². The van der Waals surface area contributed by atoms with E-state index in [-0.39, 0.29) is 0 Å². The molecule has 5 rings (SSSR count). The molecule has 2 aliphatic carbocycles. The van der Waals surface area contributed by atoms with Crippen molar-refractivity contribution >= 4 is 11.3 Å². The topological polar surface area (TPSA) is 57.4 Å². The molecular formula is C20H26N2O3S. The lowest BCUT2D eigenvalue weighted by Crippen LogP contribution is -2.25. The Morgan fingerprint density at radius 2 is 2.00 bits per heavy atom. The summed E-state index contributed by atoms with van der Waals surface area (Å²) in [6.07, 6.45) is 11.0. The van der Waals surface area contributed by atoms with Gasteiger partial charge in [-0.3, -0.25) is 0 Å². The minimum absolute atomic E-state index is 0.318. The SMILES string of the molecule is c1c(-c2nnc(C3CCC(OCC4CCCO4)CC3)o2)sc2c1CCC2. The molecule has 3 heterocycles. The molecule has 1 saturated heterocycles. The van der Waals surface area contributed by atoms with Gasteiger partial charge in [0, 0.05) is 17.4 Å². The summed E-state index contributed by atoms with van der Waals surface area (Å²) >= 11 is 1.83. The van der Waals surface area contributed by atoms with Crippen molar-refractivity contribution in [2.45, 2.75) is 75.9 Å². The molecule has 2 fully saturated rings. The van der Waals surface area contributed by atoms with Gasteiger partial charge in [0.25, 0.3) is 5.89 Å². The fourth-order valence-corrected chi connectivity index (χ4v) is 5.60. The number of hydrogen-bond acceptors (Lipinski definition) is 6. The Labute approximate surface area is 158 Å². The molecule has 0 radical (unpaired) electrons. The van der Waals surface area contributed by atoms with Crippen molar-refractivity contribution < 1.29 is 13.9 Å². The highest BCUT2D eigenvalue weighted by molar-refractivity contribution is 7.15. The van der Waals surface area contributed by atoms with Crippen LogP contribution in [0.5, 0.6) is 0 Å². The largest absolute Gasteiger partial charge is 0.420 e. The van der Waals surface area contributed by atoms with E-state index < -0.39 is 0 Å². The average molecular weight is 375 g/mol. The van der Waals surface area contributed by atoms with Gasteiger partial charge in [0.1, 0.15) is 0 Å². The number of hydrogen-bond donors (Lipinski definition) is 0. The van der Waals surface area contributed by atoms with Crippen LogP contribution in [0.2, 0.25) is 0 Å². The molecule has 0 bridgehead atoms. The van der Waals surface area contributed by atoms with Crippen LogP contribution in [0.3, 0.4) is 0 Å². The van der Waals surface area contributed by atoms with Crippen molar-refractivity contribution in [2.24, 2.45) is 0 Å². The van der Waals surface area contributed by atoms with E-state index in [1.165, 1.54) is 36.1 Å². The van der Waals surface area contributed by atoms with Gasteiger partial charge in [-0.15, -0.1) is 21.5 Å².